The molecule has 0 rings (SSSR count). The molecule has 20 heavy (non-hydrogen) atoms. The first-order valence-corrected chi connectivity index (χ1v) is 6.80. The van der Waals surface area contributed by atoms with Crippen molar-refractivity contribution in [2.75, 3.05) is 13.2 Å². The van der Waals surface area contributed by atoms with Crippen molar-refractivity contribution in [1.29, 1.82) is 0 Å². The van der Waals surface area contributed by atoms with E-state index in [-0.39, 0.29) is 62.0 Å². The third-order valence-electron chi connectivity index (χ3n) is 2.59. The highest BCUT2D eigenvalue weighted by Gasteiger charge is 2.09. The maximum Gasteiger partial charge on any atom is 0.142 e. The molecule has 0 atom stereocenters. The second-order valence-electron chi connectivity index (χ2n) is 4.36. The first-order chi connectivity index (χ1) is 9.49. The molecular formula is C14H22O6. The summed E-state index contributed by atoms with van der Waals surface area (Å²) in [6.07, 6.45) is 0.764. The Kier molecular flexibility index (Phi) is 10.6. The largest absolute Gasteiger partial charge is 0.299 e. The smallest absolute Gasteiger partial charge is 0.142 e. The summed E-state index contributed by atoms with van der Waals surface area (Å²) < 4.78 is 0. The number of carbonyl (C=O) groups is 4. The predicted molar refractivity (Wildman–Crippen MR) is 71.0 cm³/mol. The van der Waals surface area contributed by atoms with E-state index in [4.69, 9.17) is 9.78 Å². The van der Waals surface area contributed by atoms with Gasteiger partial charge < -0.3 is 0 Å². The SMILES string of the molecule is CCC(=O)CC(=O)CCOOCCC(=O)CC(=O)CC. The summed E-state index contributed by atoms with van der Waals surface area (Å²) >= 11 is 0. The van der Waals surface area contributed by atoms with E-state index in [1.165, 1.54) is 0 Å². The van der Waals surface area contributed by atoms with Gasteiger partial charge in [-0.15, -0.1) is 0 Å². The molecule has 0 aromatic rings. The second-order valence-corrected chi connectivity index (χ2v) is 4.36. The minimum Gasteiger partial charge on any atom is -0.299 e. The molecule has 0 aliphatic carbocycles. The Hall–Kier alpha value is -1.40. The predicted octanol–water partition coefficient (Wildman–Crippen LogP) is 1.59. The molecule has 0 fully saturated rings. The summed E-state index contributed by atoms with van der Waals surface area (Å²) in [5, 5.41) is 0. The molecule has 0 saturated carbocycles. The Morgan fingerprint density at radius 1 is 0.650 bits per heavy atom. The molecule has 0 N–H and O–H groups in total. The summed E-state index contributed by atoms with van der Waals surface area (Å²) in [6.45, 7) is 3.51. The number of rotatable bonds is 13. The average Bonchev–Trinajstić information content (AvgIpc) is 2.42. The van der Waals surface area contributed by atoms with Gasteiger partial charge in [-0.05, 0) is 0 Å². The summed E-state index contributed by atoms with van der Waals surface area (Å²) in [5.41, 5.74) is 0. The molecule has 0 amide bonds. The number of hydrogen-bond donors (Lipinski definition) is 0. The van der Waals surface area contributed by atoms with Gasteiger partial charge in [-0.3, -0.25) is 19.2 Å². The van der Waals surface area contributed by atoms with E-state index in [1.54, 1.807) is 13.8 Å². The molecule has 0 aromatic heterocycles. The molecule has 0 aromatic carbocycles. The number of Topliss-reactive ketones (excluding diaryl/α,β-unsaturated/α-hetero) is 4. The van der Waals surface area contributed by atoms with Crippen LogP contribution in [0.2, 0.25) is 0 Å². The molecule has 0 saturated heterocycles. The number of ketones is 4. The average molecular weight is 286 g/mol. The molecule has 0 aliphatic heterocycles. The Balaban J connectivity index is 3.49. The van der Waals surface area contributed by atoms with E-state index in [0.29, 0.717) is 12.8 Å². The lowest BCUT2D eigenvalue weighted by Gasteiger charge is -2.03. The van der Waals surface area contributed by atoms with Crippen molar-refractivity contribution in [2.24, 2.45) is 0 Å². The Morgan fingerprint density at radius 3 is 1.30 bits per heavy atom. The van der Waals surface area contributed by atoms with Gasteiger partial charge in [0, 0.05) is 25.7 Å². The summed E-state index contributed by atoms with van der Waals surface area (Å²) in [4.78, 5) is 54.0. The minimum absolute atomic E-state index is 0.0535. The first kappa shape index (κ1) is 18.6. The molecule has 0 radical (unpaired) electrons. The highest BCUT2D eigenvalue weighted by Crippen LogP contribution is 1.98. The first-order valence-electron chi connectivity index (χ1n) is 6.80. The van der Waals surface area contributed by atoms with Crippen LogP contribution in [0.15, 0.2) is 0 Å². The van der Waals surface area contributed by atoms with Crippen molar-refractivity contribution >= 4 is 23.1 Å². The monoisotopic (exact) mass is 286 g/mol. The Morgan fingerprint density at radius 2 is 1.00 bits per heavy atom. The van der Waals surface area contributed by atoms with Gasteiger partial charge in [0.25, 0.3) is 0 Å². The van der Waals surface area contributed by atoms with Crippen LogP contribution in [0.4, 0.5) is 0 Å². The van der Waals surface area contributed by atoms with Gasteiger partial charge in [0.15, 0.2) is 0 Å². The van der Waals surface area contributed by atoms with E-state index >= 15 is 0 Å². The summed E-state index contributed by atoms with van der Waals surface area (Å²) in [5.74, 6) is -0.570. The molecule has 0 spiro atoms. The van der Waals surface area contributed by atoms with Gasteiger partial charge in [0.05, 0.1) is 26.1 Å². The van der Waals surface area contributed by atoms with Crippen molar-refractivity contribution in [3.05, 3.63) is 0 Å². The van der Waals surface area contributed by atoms with Crippen LogP contribution in [0.5, 0.6) is 0 Å². The van der Waals surface area contributed by atoms with Gasteiger partial charge in [-0.1, -0.05) is 13.8 Å². The molecule has 6 heteroatoms. The Labute approximate surface area is 118 Å². The van der Waals surface area contributed by atoms with Gasteiger partial charge in [-0.2, -0.15) is 0 Å². The topological polar surface area (TPSA) is 86.7 Å². The summed E-state index contributed by atoms with van der Waals surface area (Å²) in [7, 11) is 0. The second kappa shape index (κ2) is 11.4. The van der Waals surface area contributed by atoms with E-state index in [2.05, 4.69) is 0 Å². The van der Waals surface area contributed by atoms with Crippen LogP contribution < -0.4 is 0 Å². The zero-order valence-electron chi connectivity index (χ0n) is 12.1. The highest BCUT2D eigenvalue weighted by atomic mass is 17.2. The molecule has 0 heterocycles. The van der Waals surface area contributed by atoms with Crippen molar-refractivity contribution in [2.45, 2.75) is 52.4 Å². The van der Waals surface area contributed by atoms with Crippen LogP contribution in [0, 0.1) is 0 Å². The van der Waals surface area contributed by atoms with E-state index < -0.39 is 0 Å². The van der Waals surface area contributed by atoms with Crippen molar-refractivity contribution < 1.29 is 29.0 Å². The van der Waals surface area contributed by atoms with E-state index in [9.17, 15) is 19.2 Å². The third kappa shape index (κ3) is 10.5. The van der Waals surface area contributed by atoms with Crippen molar-refractivity contribution in [3.8, 4) is 0 Å². The molecule has 0 bridgehead atoms. The highest BCUT2D eigenvalue weighted by molar-refractivity contribution is 5.99. The van der Waals surface area contributed by atoms with E-state index in [1.807, 2.05) is 0 Å². The quantitative estimate of drug-likeness (QED) is 0.221. The summed E-state index contributed by atoms with van der Waals surface area (Å²) in [6, 6.07) is 0. The molecule has 0 aliphatic rings. The third-order valence-corrected chi connectivity index (χ3v) is 2.59. The van der Waals surface area contributed by atoms with Crippen molar-refractivity contribution in [3.63, 3.8) is 0 Å². The van der Waals surface area contributed by atoms with Crippen LogP contribution in [-0.2, 0) is 29.0 Å². The maximum absolute atomic E-state index is 11.3. The van der Waals surface area contributed by atoms with Gasteiger partial charge in [0.1, 0.15) is 23.1 Å². The molecule has 0 unspecified atom stereocenters. The molecule has 6 nitrogen and oxygen atoms in total. The fourth-order valence-electron chi connectivity index (χ4n) is 1.30. The van der Waals surface area contributed by atoms with Gasteiger partial charge in [-0.25, -0.2) is 9.78 Å². The van der Waals surface area contributed by atoms with Gasteiger partial charge in [0.2, 0.25) is 0 Å². The van der Waals surface area contributed by atoms with Crippen LogP contribution >= 0.6 is 0 Å². The van der Waals surface area contributed by atoms with Crippen molar-refractivity contribution in [1.82, 2.24) is 0 Å². The van der Waals surface area contributed by atoms with Crippen LogP contribution in [0.1, 0.15) is 52.4 Å². The lowest BCUT2D eigenvalue weighted by molar-refractivity contribution is -0.293. The van der Waals surface area contributed by atoms with Gasteiger partial charge >= 0.3 is 0 Å². The number of carbonyl (C=O) groups excluding carboxylic acids is 4. The zero-order chi connectivity index (χ0) is 15.4. The Bertz CT molecular complexity index is 314. The van der Waals surface area contributed by atoms with Crippen LogP contribution in [0.3, 0.4) is 0 Å². The standard InChI is InChI=1S/C14H22O6/c1-3-11(15)9-13(17)5-7-19-20-8-6-14(18)10-12(16)4-2/h3-10H2,1-2H3. The fraction of sp³-hybridized carbons (Fsp3) is 0.714. The minimum atomic E-state index is -0.190. The van der Waals surface area contributed by atoms with Crippen LogP contribution in [0.25, 0.3) is 0 Å². The van der Waals surface area contributed by atoms with Crippen LogP contribution in [-0.4, -0.2) is 36.3 Å². The molecular weight excluding hydrogens is 264 g/mol. The lowest BCUT2D eigenvalue weighted by Crippen LogP contribution is -2.12. The lowest BCUT2D eigenvalue weighted by atomic mass is 10.1. The normalized spacial score (nSPS) is 10.3. The van der Waals surface area contributed by atoms with E-state index in [0.717, 1.165) is 0 Å². The molecule has 114 valence electrons. The maximum atomic E-state index is 11.3. The number of hydrogen-bond acceptors (Lipinski definition) is 6. The zero-order valence-corrected chi connectivity index (χ0v) is 12.1. The fourth-order valence-corrected chi connectivity index (χ4v) is 1.30.